The number of halogens is 2. The van der Waals surface area contributed by atoms with Gasteiger partial charge in [0.05, 0.1) is 21.7 Å². The van der Waals surface area contributed by atoms with E-state index < -0.39 is 12.0 Å². The maximum Gasteiger partial charge on any atom is 0.149 e. The summed E-state index contributed by atoms with van der Waals surface area (Å²) in [6, 6.07) is 9.05. The Labute approximate surface area is 149 Å². The van der Waals surface area contributed by atoms with E-state index in [1.807, 2.05) is 12.1 Å². The van der Waals surface area contributed by atoms with Gasteiger partial charge in [-0.2, -0.15) is 0 Å². The van der Waals surface area contributed by atoms with E-state index in [-0.39, 0.29) is 5.02 Å². The maximum atomic E-state index is 13.6. The van der Waals surface area contributed by atoms with E-state index in [9.17, 15) is 9.50 Å². The lowest BCUT2D eigenvalue weighted by atomic mass is 10.0. The normalized spacial score (nSPS) is 20.8. The molecule has 1 saturated carbocycles. The van der Waals surface area contributed by atoms with Crippen molar-refractivity contribution in [2.24, 2.45) is 0 Å². The van der Waals surface area contributed by atoms with E-state index in [4.69, 9.17) is 11.6 Å². The van der Waals surface area contributed by atoms with Crippen LogP contribution in [0, 0.1) is 5.82 Å². The van der Waals surface area contributed by atoms with Gasteiger partial charge in [-0.05, 0) is 42.7 Å². The molecule has 25 heavy (non-hydrogen) atoms. The number of rotatable bonds is 2. The van der Waals surface area contributed by atoms with Gasteiger partial charge in [-0.15, -0.1) is 0 Å². The first-order valence-electron chi connectivity index (χ1n) is 8.51. The van der Waals surface area contributed by atoms with Crippen molar-refractivity contribution < 1.29 is 9.50 Å². The third-order valence-electron chi connectivity index (χ3n) is 5.23. The molecule has 2 aromatic heterocycles. The summed E-state index contributed by atoms with van der Waals surface area (Å²) in [6.07, 6.45) is 3.32. The van der Waals surface area contributed by atoms with Gasteiger partial charge in [-0.3, -0.25) is 9.88 Å². The summed E-state index contributed by atoms with van der Waals surface area (Å²) in [7, 11) is 0. The van der Waals surface area contributed by atoms with E-state index in [1.165, 1.54) is 6.07 Å². The minimum Gasteiger partial charge on any atom is -0.372 e. The first-order valence-corrected chi connectivity index (χ1v) is 8.89. The highest BCUT2D eigenvalue weighted by Crippen LogP contribution is 2.43. The van der Waals surface area contributed by atoms with Crippen LogP contribution >= 0.6 is 11.6 Å². The number of benzene rings is 1. The topological polar surface area (TPSA) is 41.3 Å². The second-order valence-corrected chi connectivity index (χ2v) is 7.16. The van der Waals surface area contributed by atoms with E-state index in [0.717, 1.165) is 53.8 Å². The molecule has 128 valence electrons. The molecule has 0 bridgehead atoms. The first kappa shape index (κ1) is 15.3. The van der Waals surface area contributed by atoms with Crippen LogP contribution < -0.4 is 0 Å². The predicted octanol–water partition coefficient (Wildman–Crippen LogP) is 3.96. The van der Waals surface area contributed by atoms with Crippen molar-refractivity contribution in [3.8, 4) is 11.1 Å². The highest BCUT2D eigenvalue weighted by molar-refractivity contribution is 6.31. The average molecular weight is 358 g/mol. The van der Waals surface area contributed by atoms with Gasteiger partial charge in [-0.25, -0.2) is 4.39 Å². The van der Waals surface area contributed by atoms with Gasteiger partial charge >= 0.3 is 0 Å². The van der Waals surface area contributed by atoms with Gasteiger partial charge in [0.25, 0.3) is 0 Å². The Morgan fingerprint density at radius 3 is 2.80 bits per heavy atom. The van der Waals surface area contributed by atoms with Gasteiger partial charge in [-0.1, -0.05) is 17.7 Å². The molecular formula is C19H17ClFN3O. The monoisotopic (exact) mass is 357 g/mol. The molecule has 1 aliphatic carbocycles. The summed E-state index contributed by atoms with van der Waals surface area (Å²) in [5.74, 6) is -0.448. The fourth-order valence-electron chi connectivity index (χ4n) is 3.92. The number of aliphatic hydroxyl groups is 1. The van der Waals surface area contributed by atoms with Crippen molar-refractivity contribution in [3.63, 3.8) is 0 Å². The molecule has 0 saturated heterocycles. The fraction of sp³-hybridized carbons (Fsp3) is 0.316. The maximum absolute atomic E-state index is 13.6. The summed E-state index contributed by atoms with van der Waals surface area (Å²) in [5, 5.41) is 11.1. The molecule has 1 N–H and O–H groups in total. The van der Waals surface area contributed by atoms with Crippen molar-refractivity contribution in [1.82, 2.24) is 14.5 Å². The molecule has 0 amide bonds. The minimum atomic E-state index is -0.686. The lowest BCUT2D eigenvalue weighted by Crippen LogP contribution is -2.39. The van der Waals surface area contributed by atoms with E-state index >= 15 is 0 Å². The molecule has 1 aromatic carbocycles. The molecular weight excluding hydrogens is 341 g/mol. The number of aromatic nitrogens is 2. The molecule has 2 aliphatic rings. The van der Waals surface area contributed by atoms with Crippen LogP contribution in [0.25, 0.3) is 22.2 Å². The van der Waals surface area contributed by atoms with Gasteiger partial charge in [0, 0.05) is 30.9 Å². The molecule has 1 fully saturated rings. The third kappa shape index (κ3) is 2.30. The molecule has 5 rings (SSSR count). The Bertz CT molecular complexity index is 982. The van der Waals surface area contributed by atoms with Crippen molar-refractivity contribution in [3.05, 3.63) is 53.1 Å². The Morgan fingerprint density at radius 1 is 1.20 bits per heavy atom. The lowest BCUT2D eigenvalue weighted by molar-refractivity contribution is -0.0255. The largest absolute Gasteiger partial charge is 0.372 e. The van der Waals surface area contributed by atoms with Crippen LogP contribution in [-0.2, 0) is 6.54 Å². The van der Waals surface area contributed by atoms with Crippen LogP contribution in [0.2, 0.25) is 5.02 Å². The molecule has 4 nitrogen and oxygen atoms in total. The number of hydrogen-bond acceptors (Lipinski definition) is 3. The van der Waals surface area contributed by atoms with Crippen LogP contribution in [0.5, 0.6) is 0 Å². The van der Waals surface area contributed by atoms with E-state index in [1.54, 1.807) is 18.3 Å². The van der Waals surface area contributed by atoms with Crippen LogP contribution in [0.3, 0.4) is 0 Å². The van der Waals surface area contributed by atoms with Crippen LogP contribution in [0.4, 0.5) is 4.39 Å². The van der Waals surface area contributed by atoms with Gasteiger partial charge in [0.1, 0.15) is 12.0 Å². The zero-order valence-electron chi connectivity index (χ0n) is 13.5. The third-order valence-corrected chi connectivity index (χ3v) is 5.52. The quantitative estimate of drug-likeness (QED) is 0.754. The molecule has 3 heterocycles. The Kier molecular flexibility index (Phi) is 3.39. The molecule has 0 radical (unpaired) electrons. The second-order valence-electron chi connectivity index (χ2n) is 6.75. The van der Waals surface area contributed by atoms with E-state index in [0.29, 0.717) is 6.04 Å². The zero-order chi connectivity index (χ0) is 17.1. The predicted molar refractivity (Wildman–Crippen MR) is 94.8 cm³/mol. The number of fused-ring (bicyclic) bond motifs is 3. The van der Waals surface area contributed by atoms with Crippen LogP contribution in [0.15, 0.2) is 36.5 Å². The average Bonchev–Trinajstić information content (AvgIpc) is 3.40. The highest BCUT2D eigenvalue weighted by Gasteiger charge is 2.39. The van der Waals surface area contributed by atoms with Crippen LogP contribution in [0.1, 0.15) is 24.8 Å². The SMILES string of the molecule is OC1c2c(-c3ccc(F)c(Cl)c3)c3ncccc3n2CCN1C1CC1. The molecule has 1 atom stereocenters. The molecule has 1 unspecified atom stereocenters. The highest BCUT2D eigenvalue weighted by atomic mass is 35.5. The summed E-state index contributed by atoms with van der Waals surface area (Å²) in [5.41, 5.74) is 4.25. The number of hydrogen-bond donors (Lipinski definition) is 1. The van der Waals surface area contributed by atoms with Crippen molar-refractivity contribution in [2.45, 2.75) is 31.7 Å². The van der Waals surface area contributed by atoms with Crippen molar-refractivity contribution in [2.75, 3.05) is 6.54 Å². The lowest BCUT2D eigenvalue weighted by Gasteiger charge is -2.34. The Morgan fingerprint density at radius 2 is 2.04 bits per heavy atom. The van der Waals surface area contributed by atoms with Crippen molar-refractivity contribution >= 4 is 22.6 Å². The molecule has 1 aliphatic heterocycles. The number of nitrogens with zero attached hydrogens (tertiary/aromatic N) is 3. The van der Waals surface area contributed by atoms with Crippen molar-refractivity contribution in [1.29, 1.82) is 0 Å². The van der Waals surface area contributed by atoms with Gasteiger partial charge < -0.3 is 9.67 Å². The molecule has 6 heteroatoms. The number of aliphatic hydroxyl groups excluding tert-OH is 1. The Hall–Kier alpha value is -1.95. The van der Waals surface area contributed by atoms with Gasteiger partial charge in [0.15, 0.2) is 0 Å². The van der Waals surface area contributed by atoms with Crippen LogP contribution in [-0.4, -0.2) is 32.1 Å². The number of pyridine rings is 1. The van der Waals surface area contributed by atoms with Gasteiger partial charge in [0.2, 0.25) is 0 Å². The van der Waals surface area contributed by atoms with E-state index in [2.05, 4.69) is 14.5 Å². The molecule has 0 spiro atoms. The summed E-state index contributed by atoms with van der Waals surface area (Å²) >= 11 is 6.02. The summed E-state index contributed by atoms with van der Waals surface area (Å²) in [4.78, 5) is 6.70. The first-order chi connectivity index (χ1) is 12.1. The minimum absolute atomic E-state index is 0.0749. The fourth-order valence-corrected chi connectivity index (χ4v) is 4.10. The summed E-state index contributed by atoms with van der Waals surface area (Å²) < 4.78 is 15.8. The molecule has 3 aromatic rings. The second kappa shape index (κ2) is 5.53. The zero-order valence-corrected chi connectivity index (χ0v) is 14.2. The summed E-state index contributed by atoms with van der Waals surface area (Å²) in [6.45, 7) is 1.63. The smallest absolute Gasteiger partial charge is 0.149 e. The standard InChI is InChI=1S/C19H17ClFN3O/c20-13-10-11(3-6-14(13)21)16-17-15(2-1-7-22-17)24-9-8-23(12-4-5-12)19(25)18(16)24/h1-3,6-7,10,12,19,25H,4-5,8-9H2. The Balaban J connectivity index is 1.78.